The Kier molecular flexibility index (Phi) is 6.45. The smallest absolute Gasteiger partial charge is 0.141 e. The van der Waals surface area contributed by atoms with E-state index in [2.05, 4.69) is 59.6 Å². The van der Waals surface area contributed by atoms with E-state index < -0.39 is 0 Å². The zero-order valence-electron chi connectivity index (χ0n) is 17.6. The van der Waals surface area contributed by atoms with Crippen molar-refractivity contribution in [2.75, 3.05) is 13.2 Å². The maximum atomic E-state index is 6.07. The standard InChI is InChI=1S/C26H28N2O2/c1-3-29-22-16-17-23-24(18-22)28-26(27-23)25(30-4-2)21-14-12-20(13-15-21)11-10-19-8-6-5-7-9-19/h5-9,12-18,25H,3-4,10-11H2,1-2H3,(H,27,28). The Morgan fingerprint density at radius 2 is 1.57 bits per heavy atom. The normalized spacial score (nSPS) is 12.2. The summed E-state index contributed by atoms with van der Waals surface area (Å²) in [5.41, 5.74) is 5.66. The number of benzene rings is 3. The van der Waals surface area contributed by atoms with E-state index in [-0.39, 0.29) is 6.10 Å². The van der Waals surface area contributed by atoms with E-state index in [0.717, 1.165) is 41.0 Å². The Balaban J connectivity index is 1.53. The fourth-order valence-corrected chi connectivity index (χ4v) is 3.68. The van der Waals surface area contributed by atoms with Gasteiger partial charge in [-0.1, -0.05) is 54.6 Å². The minimum atomic E-state index is -0.221. The first-order valence-corrected chi connectivity index (χ1v) is 10.6. The Bertz CT molecular complexity index is 1070. The second-order valence-corrected chi connectivity index (χ2v) is 7.30. The molecule has 0 aliphatic heterocycles. The van der Waals surface area contributed by atoms with Crippen molar-refractivity contribution in [3.05, 3.63) is 95.3 Å². The highest BCUT2D eigenvalue weighted by Gasteiger charge is 2.19. The lowest BCUT2D eigenvalue weighted by Crippen LogP contribution is -2.08. The maximum absolute atomic E-state index is 6.07. The van der Waals surface area contributed by atoms with Gasteiger partial charge in [0.2, 0.25) is 0 Å². The van der Waals surface area contributed by atoms with Gasteiger partial charge in [-0.3, -0.25) is 0 Å². The van der Waals surface area contributed by atoms with Crippen molar-refractivity contribution >= 4 is 11.0 Å². The van der Waals surface area contributed by atoms with E-state index in [1.165, 1.54) is 11.1 Å². The summed E-state index contributed by atoms with van der Waals surface area (Å²) in [5.74, 6) is 1.65. The van der Waals surface area contributed by atoms with Gasteiger partial charge in [0.15, 0.2) is 0 Å². The number of fused-ring (bicyclic) bond motifs is 1. The van der Waals surface area contributed by atoms with Gasteiger partial charge in [0.1, 0.15) is 17.7 Å². The van der Waals surface area contributed by atoms with Crippen LogP contribution in [0.4, 0.5) is 0 Å². The maximum Gasteiger partial charge on any atom is 0.141 e. The van der Waals surface area contributed by atoms with Crippen molar-refractivity contribution < 1.29 is 9.47 Å². The predicted octanol–water partition coefficient (Wildman–Crippen LogP) is 5.87. The fraction of sp³-hybridized carbons (Fsp3) is 0.269. The first kappa shape index (κ1) is 20.2. The van der Waals surface area contributed by atoms with Crippen molar-refractivity contribution in [2.24, 2.45) is 0 Å². The van der Waals surface area contributed by atoms with Gasteiger partial charge in [-0.15, -0.1) is 0 Å². The molecule has 154 valence electrons. The summed E-state index contributed by atoms with van der Waals surface area (Å²) < 4.78 is 11.7. The summed E-state index contributed by atoms with van der Waals surface area (Å²) in [7, 11) is 0. The van der Waals surface area contributed by atoms with E-state index in [9.17, 15) is 0 Å². The van der Waals surface area contributed by atoms with Crippen molar-refractivity contribution in [2.45, 2.75) is 32.8 Å². The van der Waals surface area contributed by atoms with Crippen LogP contribution in [0.2, 0.25) is 0 Å². The lowest BCUT2D eigenvalue weighted by Gasteiger charge is -2.15. The lowest BCUT2D eigenvalue weighted by atomic mass is 10.0. The molecule has 0 saturated heterocycles. The third-order valence-corrected chi connectivity index (χ3v) is 5.19. The molecule has 4 heteroatoms. The number of aromatic amines is 1. The van der Waals surface area contributed by atoms with Crippen molar-refractivity contribution in [3.63, 3.8) is 0 Å². The summed E-state index contributed by atoms with van der Waals surface area (Å²) >= 11 is 0. The number of nitrogens with zero attached hydrogens (tertiary/aromatic N) is 1. The average molecular weight is 401 g/mol. The molecule has 4 rings (SSSR count). The highest BCUT2D eigenvalue weighted by atomic mass is 16.5. The molecule has 0 aliphatic rings. The second-order valence-electron chi connectivity index (χ2n) is 7.30. The van der Waals surface area contributed by atoms with Crippen molar-refractivity contribution in [1.82, 2.24) is 9.97 Å². The molecule has 0 aliphatic carbocycles. The topological polar surface area (TPSA) is 47.1 Å². The van der Waals surface area contributed by atoms with E-state index in [0.29, 0.717) is 13.2 Å². The monoisotopic (exact) mass is 400 g/mol. The average Bonchev–Trinajstić information content (AvgIpc) is 3.20. The Morgan fingerprint density at radius 3 is 2.27 bits per heavy atom. The third-order valence-electron chi connectivity index (χ3n) is 5.19. The van der Waals surface area contributed by atoms with E-state index >= 15 is 0 Å². The van der Waals surface area contributed by atoms with Gasteiger partial charge in [0.25, 0.3) is 0 Å². The highest BCUT2D eigenvalue weighted by molar-refractivity contribution is 5.77. The summed E-state index contributed by atoms with van der Waals surface area (Å²) in [4.78, 5) is 8.21. The molecule has 0 fully saturated rings. The summed E-state index contributed by atoms with van der Waals surface area (Å²) in [6, 6.07) is 25.2. The lowest BCUT2D eigenvalue weighted by molar-refractivity contribution is 0.0859. The predicted molar refractivity (Wildman–Crippen MR) is 121 cm³/mol. The molecule has 0 spiro atoms. The second kappa shape index (κ2) is 9.59. The fourth-order valence-electron chi connectivity index (χ4n) is 3.68. The Hall–Kier alpha value is -3.11. The van der Waals surface area contributed by atoms with Crippen LogP contribution < -0.4 is 4.74 Å². The van der Waals surface area contributed by atoms with Crippen LogP contribution in [-0.4, -0.2) is 23.2 Å². The molecule has 1 atom stereocenters. The molecule has 0 saturated carbocycles. The van der Waals surface area contributed by atoms with E-state index in [1.807, 2.05) is 32.0 Å². The molecule has 1 aromatic heterocycles. The van der Waals surface area contributed by atoms with Gasteiger partial charge in [-0.2, -0.15) is 0 Å². The van der Waals surface area contributed by atoms with Gasteiger partial charge < -0.3 is 14.5 Å². The van der Waals surface area contributed by atoms with Crippen LogP contribution in [0.5, 0.6) is 5.75 Å². The zero-order valence-corrected chi connectivity index (χ0v) is 17.6. The zero-order chi connectivity index (χ0) is 20.8. The van der Waals surface area contributed by atoms with E-state index in [1.54, 1.807) is 0 Å². The third kappa shape index (κ3) is 4.71. The number of nitrogens with one attached hydrogen (secondary N) is 1. The number of aromatic nitrogens is 2. The molecule has 3 aromatic carbocycles. The molecule has 1 heterocycles. The van der Waals surface area contributed by atoms with E-state index in [4.69, 9.17) is 14.5 Å². The number of hydrogen-bond acceptors (Lipinski definition) is 3. The van der Waals surface area contributed by atoms with Gasteiger partial charge >= 0.3 is 0 Å². The number of H-pyrrole nitrogens is 1. The molecule has 4 aromatic rings. The van der Waals surface area contributed by atoms with Gasteiger partial charge in [-0.05, 0) is 55.5 Å². The number of rotatable bonds is 9. The molecular weight excluding hydrogens is 372 g/mol. The number of imidazole rings is 1. The SMILES string of the molecule is CCOc1ccc2[nH]c(C(OCC)c3ccc(CCc4ccccc4)cc3)nc2c1. The summed E-state index contributed by atoms with van der Waals surface area (Å²) in [6.45, 7) is 5.24. The molecular formula is C26H28N2O2. The van der Waals surface area contributed by atoms with Gasteiger partial charge in [0, 0.05) is 12.7 Å². The number of ether oxygens (including phenoxy) is 2. The minimum Gasteiger partial charge on any atom is -0.494 e. The molecule has 0 bridgehead atoms. The molecule has 1 unspecified atom stereocenters. The Labute approximate surface area is 177 Å². The highest BCUT2D eigenvalue weighted by Crippen LogP contribution is 2.28. The van der Waals surface area contributed by atoms with Crippen LogP contribution >= 0.6 is 0 Å². The molecule has 0 radical (unpaired) electrons. The molecule has 0 amide bonds. The minimum absolute atomic E-state index is 0.221. The van der Waals surface area contributed by atoms with Crippen molar-refractivity contribution in [3.8, 4) is 5.75 Å². The van der Waals surface area contributed by atoms with Crippen LogP contribution in [0.3, 0.4) is 0 Å². The molecule has 1 N–H and O–H groups in total. The quantitative estimate of drug-likeness (QED) is 0.382. The first-order chi connectivity index (χ1) is 14.8. The van der Waals surface area contributed by atoms with Crippen LogP contribution in [0.1, 0.15) is 42.5 Å². The van der Waals surface area contributed by atoms with Crippen molar-refractivity contribution in [1.29, 1.82) is 0 Å². The number of aryl methyl sites for hydroxylation is 2. The largest absolute Gasteiger partial charge is 0.494 e. The number of hydrogen-bond donors (Lipinski definition) is 1. The first-order valence-electron chi connectivity index (χ1n) is 10.6. The molecule has 4 nitrogen and oxygen atoms in total. The van der Waals surface area contributed by atoms with Gasteiger partial charge in [-0.25, -0.2) is 4.98 Å². The van der Waals surface area contributed by atoms with Crippen LogP contribution in [0, 0.1) is 0 Å². The molecule has 30 heavy (non-hydrogen) atoms. The van der Waals surface area contributed by atoms with Crippen LogP contribution in [-0.2, 0) is 17.6 Å². The Morgan fingerprint density at radius 1 is 0.833 bits per heavy atom. The van der Waals surface area contributed by atoms with Crippen LogP contribution in [0.25, 0.3) is 11.0 Å². The van der Waals surface area contributed by atoms with Gasteiger partial charge in [0.05, 0.1) is 17.6 Å². The summed E-state index contributed by atoms with van der Waals surface area (Å²) in [5, 5.41) is 0. The van der Waals surface area contributed by atoms with Crippen LogP contribution in [0.15, 0.2) is 72.8 Å². The summed E-state index contributed by atoms with van der Waals surface area (Å²) in [6.07, 6.45) is 1.84.